The van der Waals surface area contributed by atoms with Crippen LogP contribution in [0.2, 0.25) is 0 Å². The summed E-state index contributed by atoms with van der Waals surface area (Å²) in [4.78, 5) is 0. The Hall–Kier alpha value is -1.26. The molecular weight excluding hydrogens is 230 g/mol. The Morgan fingerprint density at radius 2 is 1.94 bits per heavy atom. The van der Waals surface area contributed by atoms with Gasteiger partial charge in [-0.3, -0.25) is 0 Å². The van der Waals surface area contributed by atoms with Crippen molar-refractivity contribution in [2.45, 2.75) is 26.3 Å². The van der Waals surface area contributed by atoms with E-state index in [-0.39, 0.29) is 18.6 Å². The Kier molecular flexibility index (Phi) is 5.44. The van der Waals surface area contributed by atoms with Crippen LogP contribution in [0.25, 0.3) is 0 Å². The summed E-state index contributed by atoms with van der Waals surface area (Å²) in [5.74, 6) is 1.49. The Morgan fingerprint density at radius 3 is 2.39 bits per heavy atom. The fourth-order valence-corrected chi connectivity index (χ4v) is 2.18. The minimum Gasteiger partial charge on any atom is -0.497 e. The summed E-state index contributed by atoms with van der Waals surface area (Å²) >= 11 is 0. The van der Waals surface area contributed by atoms with Crippen LogP contribution in [-0.2, 0) is 0 Å². The summed E-state index contributed by atoms with van der Waals surface area (Å²) in [5.41, 5.74) is 8.21. The predicted octanol–water partition coefficient (Wildman–Crippen LogP) is 2.03. The zero-order valence-electron chi connectivity index (χ0n) is 11.6. The number of hydrogen-bond acceptors (Lipinski definition) is 4. The third-order valence-electron chi connectivity index (χ3n) is 3.38. The van der Waals surface area contributed by atoms with Crippen LogP contribution in [0.3, 0.4) is 0 Å². The highest BCUT2D eigenvalue weighted by molar-refractivity contribution is 5.48. The van der Waals surface area contributed by atoms with Crippen molar-refractivity contribution in [3.8, 4) is 11.5 Å². The highest BCUT2D eigenvalue weighted by atomic mass is 16.5. The first-order valence-electron chi connectivity index (χ1n) is 6.17. The van der Waals surface area contributed by atoms with Crippen molar-refractivity contribution in [1.29, 1.82) is 0 Å². The first-order valence-corrected chi connectivity index (χ1v) is 6.17. The summed E-state index contributed by atoms with van der Waals surface area (Å²) in [6, 6.07) is 3.52. The van der Waals surface area contributed by atoms with Crippen LogP contribution < -0.4 is 15.2 Å². The molecule has 0 aliphatic heterocycles. The molecule has 2 atom stereocenters. The van der Waals surface area contributed by atoms with E-state index in [1.54, 1.807) is 14.2 Å². The van der Waals surface area contributed by atoms with Gasteiger partial charge in [0.1, 0.15) is 11.5 Å². The van der Waals surface area contributed by atoms with Crippen molar-refractivity contribution in [3.63, 3.8) is 0 Å². The molecule has 0 saturated carbocycles. The number of nitrogens with two attached hydrogens (primary N) is 1. The fourth-order valence-electron chi connectivity index (χ4n) is 2.18. The number of aryl methyl sites for hydroxylation is 1. The quantitative estimate of drug-likeness (QED) is 0.814. The normalized spacial score (nSPS) is 14.1. The van der Waals surface area contributed by atoms with Crippen LogP contribution in [-0.4, -0.2) is 25.9 Å². The molecule has 2 unspecified atom stereocenters. The van der Waals surface area contributed by atoms with E-state index in [2.05, 4.69) is 0 Å². The lowest BCUT2D eigenvalue weighted by atomic mass is 9.89. The van der Waals surface area contributed by atoms with Gasteiger partial charge in [-0.15, -0.1) is 0 Å². The first-order chi connectivity index (χ1) is 8.58. The zero-order chi connectivity index (χ0) is 13.7. The van der Waals surface area contributed by atoms with Gasteiger partial charge >= 0.3 is 0 Å². The van der Waals surface area contributed by atoms with E-state index in [9.17, 15) is 5.11 Å². The second-order valence-electron chi connectivity index (χ2n) is 4.44. The van der Waals surface area contributed by atoms with Crippen LogP contribution in [0.5, 0.6) is 11.5 Å². The summed E-state index contributed by atoms with van der Waals surface area (Å²) in [5, 5.41) is 9.37. The lowest BCUT2D eigenvalue weighted by Crippen LogP contribution is -2.25. The topological polar surface area (TPSA) is 64.7 Å². The van der Waals surface area contributed by atoms with Gasteiger partial charge in [-0.2, -0.15) is 0 Å². The maximum atomic E-state index is 9.37. The average molecular weight is 253 g/mol. The largest absolute Gasteiger partial charge is 0.497 e. The zero-order valence-corrected chi connectivity index (χ0v) is 11.6. The summed E-state index contributed by atoms with van der Waals surface area (Å²) < 4.78 is 10.6. The first kappa shape index (κ1) is 14.8. The molecule has 0 aliphatic carbocycles. The smallest absolute Gasteiger partial charge is 0.127 e. The number of methoxy groups -OCH3 is 2. The molecule has 102 valence electrons. The summed E-state index contributed by atoms with van der Waals surface area (Å²) in [6.07, 6.45) is 0.826. The molecule has 4 nitrogen and oxygen atoms in total. The second kappa shape index (κ2) is 6.61. The minimum atomic E-state index is -0.235. The standard InChI is InChI=1S/C14H23NO3/c1-5-10(8-16)14(15)13-9(2)6-11(17-3)7-12(13)18-4/h6-7,10,14,16H,5,8,15H2,1-4H3. The van der Waals surface area contributed by atoms with E-state index in [0.29, 0.717) is 5.75 Å². The molecule has 0 saturated heterocycles. The van der Waals surface area contributed by atoms with E-state index >= 15 is 0 Å². The van der Waals surface area contributed by atoms with Gasteiger partial charge in [0.05, 0.1) is 14.2 Å². The molecule has 0 bridgehead atoms. The van der Waals surface area contributed by atoms with Crippen molar-refractivity contribution in [1.82, 2.24) is 0 Å². The van der Waals surface area contributed by atoms with Gasteiger partial charge in [-0.1, -0.05) is 6.92 Å². The van der Waals surface area contributed by atoms with Gasteiger partial charge < -0.3 is 20.3 Å². The highest BCUT2D eigenvalue weighted by Gasteiger charge is 2.23. The number of hydrogen-bond donors (Lipinski definition) is 2. The second-order valence-corrected chi connectivity index (χ2v) is 4.44. The Morgan fingerprint density at radius 1 is 1.28 bits per heavy atom. The number of ether oxygens (including phenoxy) is 2. The third-order valence-corrected chi connectivity index (χ3v) is 3.38. The lowest BCUT2D eigenvalue weighted by molar-refractivity contribution is 0.199. The molecule has 1 rings (SSSR count). The van der Waals surface area contributed by atoms with Crippen molar-refractivity contribution in [2.75, 3.05) is 20.8 Å². The van der Waals surface area contributed by atoms with Gasteiger partial charge in [0.2, 0.25) is 0 Å². The molecule has 0 radical (unpaired) electrons. The Bertz CT molecular complexity index is 389. The van der Waals surface area contributed by atoms with Crippen molar-refractivity contribution in [3.05, 3.63) is 23.3 Å². The highest BCUT2D eigenvalue weighted by Crippen LogP contribution is 2.35. The molecule has 4 heteroatoms. The number of aliphatic hydroxyl groups is 1. The molecule has 0 aliphatic rings. The van der Waals surface area contributed by atoms with Crippen LogP contribution in [0, 0.1) is 12.8 Å². The van der Waals surface area contributed by atoms with E-state index in [0.717, 1.165) is 23.3 Å². The van der Waals surface area contributed by atoms with Crippen LogP contribution >= 0.6 is 0 Å². The number of rotatable bonds is 6. The molecule has 0 heterocycles. The van der Waals surface area contributed by atoms with Gasteiger partial charge in [0.15, 0.2) is 0 Å². The maximum Gasteiger partial charge on any atom is 0.127 e. The van der Waals surface area contributed by atoms with Crippen molar-refractivity contribution < 1.29 is 14.6 Å². The molecule has 0 amide bonds. The SMILES string of the molecule is CCC(CO)C(N)c1c(C)cc(OC)cc1OC. The van der Waals surface area contributed by atoms with Gasteiger partial charge in [0.25, 0.3) is 0 Å². The number of aliphatic hydroxyl groups excluding tert-OH is 1. The molecule has 18 heavy (non-hydrogen) atoms. The van der Waals surface area contributed by atoms with Crippen molar-refractivity contribution >= 4 is 0 Å². The number of benzene rings is 1. The van der Waals surface area contributed by atoms with Crippen LogP contribution in [0.4, 0.5) is 0 Å². The lowest BCUT2D eigenvalue weighted by Gasteiger charge is -2.25. The van der Waals surface area contributed by atoms with E-state index in [1.165, 1.54) is 0 Å². The molecule has 1 aromatic rings. The van der Waals surface area contributed by atoms with Crippen LogP contribution in [0.1, 0.15) is 30.5 Å². The van der Waals surface area contributed by atoms with E-state index in [4.69, 9.17) is 15.2 Å². The minimum absolute atomic E-state index is 0.0333. The van der Waals surface area contributed by atoms with E-state index < -0.39 is 0 Å². The van der Waals surface area contributed by atoms with Crippen molar-refractivity contribution in [2.24, 2.45) is 11.7 Å². The van der Waals surface area contributed by atoms with Gasteiger partial charge in [-0.05, 0) is 25.0 Å². The summed E-state index contributed by atoms with van der Waals surface area (Å²) in [6.45, 7) is 4.07. The Labute approximate surface area is 109 Å². The molecule has 3 N–H and O–H groups in total. The molecular formula is C14H23NO3. The maximum absolute atomic E-state index is 9.37. The average Bonchev–Trinajstić information content (AvgIpc) is 2.38. The summed E-state index contributed by atoms with van der Waals surface area (Å²) in [7, 11) is 3.24. The predicted molar refractivity (Wildman–Crippen MR) is 72.1 cm³/mol. The molecule has 0 aromatic heterocycles. The van der Waals surface area contributed by atoms with Crippen LogP contribution in [0.15, 0.2) is 12.1 Å². The van der Waals surface area contributed by atoms with E-state index in [1.807, 2.05) is 26.0 Å². The fraction of sp³-hybridized carbons (Fsp3) is 0.571. The van der Waals surface area contributed by atoms with Gasteiger partial charge in [-0.25, -0.2) is 0 Å². The molecule has 1 aromatic carbocycles. The van der Waals surface area contributed by atoms with Gasteiger partial charge in [0, 0.05) is 30.2 Å². The monoisotopic (exact) mass is 253 g/mol. The third kappa shape index (κ3) is 2.94. The molecule has 0 fully saturated rings. The Balaban J connectivity index is 3.21. The molecule has 0 spiro atoms.